The summed E-state index contributed by atoms with van der Waals surface area (Å²) in [6.45, 7) is 3.35. The molecule has 0 aliphatic heterocycles. The average Bonchev–Trinajstić information content (AvgIpc) is 3.31. The lowest BCUT2D eigenvalue weighted by molar-refractivity contribution is -0.220. The number of ether oxygens (including phenoxy) is 2. The number of hydrogen-bond donors (Lipinski definition) is 6. The summed E-state index contributed by atoms with van der Waals surface area (Å²) in [5.41, 5.74) is 0. The minimum atomic E-state index is -5.12. The minimum Gasteiger partial charge on any atom is -0.462 e. The van der Waals surface area contributed by atoms with Crippen LogP contribution in [0.4, 0.5) is 0 Å². The molecule has 0 bridgehead atoms. The second-order valence-corrected chi connectivity index (χ2v) is 20.9. The number of phosphoric acid groups is 1. The molecule has 0 heterocycles. The quantitative estimate of drug-likeness (QED) is 0.0145. The van der Waals surface area contributed by atoms with Crippen LogP contribution in [0.25, 0.3) is 0 Å². The van der Waals surface area contributed by atoms with Gasteiger partial charge in [0.1, 0.15) is 43.2 Å². The number of carbonyl (C=O) groups excluding carboxylic acids is 2. The van der Waals surface area contributed by atoms with E-state index in [4.69, 9.17) is 18.5 Å². The Kier molecular flexibility index (Phi) is 41.2. The van der Waals surface area contributed by atoms with Gasteiger partial charge in [-0.1, -0.05) is 219 Å². The second-order valence-electron chi connectivity index (χ2n) is 19.4. The summed E-state index contributed by atoms with van der Waals surface area (Å²) in [5.74, 6) is -1.08. The molecular formula is C53H101O13P. The van der Waals surface area contributed by atoms with Gasteiger partial charge in [0.25, 0.3) is 0 Å². The Morgan fingerprint density at radius 3 is 1.13 bits per heavy atom. The second kappa shape index (κ2) is 43.4. The first-order chi connectivity index (χ1) is 32.4. The van der Waals surface area contributed by atoms with E-state index in [2.05, 4.69) is 26.0 Å². The number of aliphatic hydroxyl groups excluding tert-OH is 5. The molecule has 6 N–H and O–H groups in total. The van der Waals surface area contributed by atoms with Gasteiger partial charge in [0.15, 0.2) is 6.10 Å². The highest BCUT2D eigenvalue weighted by Gasteiger charge is 2.51. The summed E-state index contributed by atoms with van der Waals surface area (Å²) < 4.78 is 33.7. The summed E-state index contributed by atoms with van der Waals surface area (Å²) in [6, 6.07) is 0. The van der Waals surface area contributed by atoms with Crippen molar-refractivity contribution in [2.75, 3.05) is 13.2 Å². The molecule has 1 fully saturated rings. The van der Waals surface area contributed by atoms with Crippen LogP contribution in [-0.2, 0) is 32.7 Å². The predicted molar refractivity (Wildman–Crippen MR) is 267 cm³/mol. The third-order valence-electron chi connectivity index (χ3n) is 13.1. The van der Waals surface area contributed by atoms with Crippen molar-refractivity contribution in [3.8, 4) is 0 Å². The van der Waals surface area contributed by atoms with E-state index in [-0.39, 0.29) is 12.8 Å². The fraction of sp³-hybridized carbons (Fsp3) is 0.925. The van der Waals surface area contributed by atoms with Gasteiger partial charge in [-0.05, 0) is 38.5 Å². The lowest BCUT2D eigenvalue weighted by Crippen LogP contribution is -2.64. The zero-order valence-corrected chi connectivity index (χ0v) is 43.4. The number of hydrogen-bond acceptors (Lipinski definition) is 12. The van der Waals surface area contributed by atoms with Crippen molar-refractivity contribution in [1.82, 2.24) is 0 Å². The predicted octanol–water partition coefficient (Wildman–Crippen LogP) is 12.2. The number of allylic oxidation sites excluding steroid dienone is 2. The largest absolute Gasteiger partial charge is 0.472 e. The van der Waals surface area contributed by atoms with Crippen molar-refractivity contribution in [1.29, 1.82) is 0 Å². The van der Waals surface area contributed by atoms with E-state index in [1.54, 1.807) is 0 Å². The Balaban J connectivity index is 2.35. The topological polar surface area (TPSA) is 210 Å². The van der Waals surface area contributed by atoms with E-state index in [0.717, 1.165) is 51.4 Å². The van der Waals surface area contributed by atoms with Crippen molar-refractivity contribution in [3.63, 3.8) is 0 Å². The third-order valence-corrected chi connectivity index (χ3v) is 14.1. The Labute approximate surface area is 407 Å². The van der Waals surface area contributed by atoms with Gasteiger partial charge in [-0.2, -0.15) is 0 Å². The van der Waals surface area contributed by atoms with Crippen LogP contribution in [0.15, 0.2) is 12.2 Å². The number of rotatable bonds is 47. The van der Waals surface area contributed by atoms with Gasteiger partial charge in [-0.3, -0.25) is 18.6 Å². The van der Waals surface area contributed by atoms with Crippen LogP contribution in [0.2, 0.25) is 0 Å². The molecule has 0 spiro atoms. The lowest BCUT2D eigenvalue weighted by atomic mass is 9.85. The highest BCUT2D eigenvalue weighted by atomic mass is 31.2. The molecule has 1 rings (SSSR count). The van der Waals surface area contributed by atoms with Gasteiger partial charge < -0.3 is 39.9 Å². The van der Waals surface area contributed by atoms with Crippen LogP contribution in [0, 0.1) is 0 Å². The van der Waals surface area contributed by atoms with E-state index in [1.165, 1.54) is 167 Å². The SMILES string of the molecule is CCCCCCCC/C=C/CCCCCCCCCCCC(=O)O[C@@H](COC(=O)CCCCCCCCCCCCCCCCCCCCC)COP(=O)(O)OC1C(O)C(O)C(O)[C@H](O)C1O. The van der Waals surface area contributed by atoms with Crippen LogP contribution >= 0.6 is 7.82 Å². The molecule has 1 aliphatic rings. The van der Waals surface area contributed by atoms with Gasteiger partial charge in [0.05, 0.1) is 6.61 Å². The number of aliphatic hydroxyl groups is 5. The zero-order chi connectivity index (χ0) is 49.2. The Bertz CT molecular complexity index is 1220. The van der Waals surface area contributed by atoms with Crippen molar-refractivity contribution in [3.05, 3.63) is 12.2 Å². The standard InChI is InChI=1S/C53H101O13P/c1-3-5-7-9-11-13-15-17-19-21-23-25-27-29-31-33-35-37-39-41-46(54)63-43-45(44-64-67(61,62)66-53-51(59)49(57)48(56)50(58)52(53)60)65-47(55)42-40-38-36-34-32-30-28-26-24-22-20-18-16-14-12-10-8-6-4-2/h18,20,45,48-53,56-60H,3-17,19,21-44H2,1-2H3,(H,61,62)/b20-18+/t45-,48?,49-,50?,51?,52?,53?/m0/s1. The molecule has 8 atom stereocenters. The zero-order valence-electron chi connectivity index (χ0n) is 42.5. The Morgan fingerprint density at radius 2 is 0.761 bits per heavy atom. The van der Waals surface area contributed by atoms with Crippen LogP contribution < -0.4 is 0 Å². The van der Waals surface area contributed by atoms with Gasteiger partial charge in [-0.15, -0.1) is 0 Å². The Hall–Kier alpha value is -1.41. The van der Waals surface area contributed by atoms with E-state index >= 15 is 0 Å². The van der Waals surface area contributed by atoms with Crippen molar-refractivity contribution in [2.45, 2.75) is 301 Å². The monoisotopic (exact) mass is 977 g/mol. The first-order valence-electron chi connectivity index (χ1n) is 27.5. The molecule has 0 amide bonds. The maximum atomic E-state index is 12.9. The smallest absolute Gasteiger partial charge is 0.462 e. The van der Waals surface area contributed by atoms with E-state index in [1.807, 2.05) is 0 Å². The van der Waals surface area contributed by atoms with Gasteiger partial charge in [-0.25, -0.2) is 4.57 Å². The first kappa shape index (κ1) is 63.6. The van der Waals surface area contributed by atoms with Gasteiger partial charge in [0, 0.05) is 12.8 Å². The van der Waals surface area contributed by atoms with E-state index in [0.29, 0.717) is 12.8 Å². The maximum Gasteiger partial charge on any atom is 0.472 e. The summed E-state index contributed by atoms with van der Waals surface area (Å²) in [6.07, 6.45) is 35.4. The number of phosphoric ester groups is 1. The molecule has 0 aromatic rings. The molecule has 67 heavy (non-hydrogen) atoms. The molecular weight excluding hydrogens is 876 g/mol. The van der Waals surface area contributed by atoms with Crippen LogP contribution in [0.1, 0.15) is 258 Å². The van der Waals surface area contributed by atoms with Crippen molar-refractivity contribution >= 4 is 19.8 Å². The first-order valence-corrected chi connectivity index (χ1v) is 29.0. The van der Waals surface area contributed by atoms with Gasteiger partial charge >= 0.3 is 19.8 Å². The summed E-state index contributed by atoms with van der Waals surface area (Å²) in [7, 11) is -5.12. The van der Waals surface area contributed by atoms with Crippen molar-refractivity contribution < 1.29 is 63.1 Å². The molecule has 1 aliphatic carbocycles. The Morgan fingerprint density at radius 1 is 0.448 bits per heavy atom. The normalized spacial score (nSPS) is 21.1. The maximum absolute atomic E-state index is 12.9. The fourth-order valence-corrected chi connectivity index (χ4v) is 9.67. The summed E-state index contributed by atoms with van der Waals surface area (Å²) in [5, 5.41) is 50.3. The number of carbonyl (C=O) groups is 2. The summed E-state index contributed by atoms with van der Waals surface area (Å²) >= 11 is 0. The molecule has 396 valence electrons. The minimum absolute atomic E-state index is 0.0992. The summed E-state index contributed by atoms with van der Waals surface area (Å²) in [4.78, 5) is 35.9. The molecule has 0 aromatic carbocycles. The molecule has 13 nitrogen and oxygen atoms in total. The highest BCUT2D eigenvalue weighted by Crippen LogP contribution is 2.47. The van der Waals surface area contributed by atoms with Gasteiger partial charge in [0.2, 0.25) is 0 Å². The van der Waals surface area contributed by atoms with Crippen LogP contribution in [0.5, 0.6) is 0 Å². The third kappa shape index (κ3) is 35.4. The average molecular weight is 977 g/mol. The molecule has 0 radical (unpaired) electrons. The lowest BCUT2D eigenvalue weighted by Gasteiger charge is -2.41. The fourth-order valence-electron chi connectivity index (χ4n) is 8.70. The molecule has 6 unspecified atom stereocenters. The van der Waals surface area contributed by atoms with E-state index < -0.39 is 75.7 Å². The number of esters is 2. The molecule has 14 heteroatoms. The van der Waals surface area contributed by atoms with Crippen LogP contribution in [0.3, 0.4) is 0 Å². The van der Waals surface area contributed by atoms with E-state index in [9.17, 15) is 44.6 Å². The van der Waals surface area contributed by atoms with Crippen LogP contribution in [-0.4, -0.2) is 98.3 Å². The molecule has 1 saturated carbocycles. The molecule has 0 saturated heterocycles. The molecule has 0 aromatic heterocycles. The highest BCUT2D eigenvalue weighted by molar-refractivity contribution is 7.47. The van der Waals surface area contributed by atoms with Crippen molar-refractivity contribution in [2.24, 2.45) is 0 Å². The number of unbranched alkanes of at least 4 members (excludes halogenated alkanes) is 33.